The van der Waals surface area contributed by atoms with Crippen molar-refractivity contribution in [2.45, 2.75) is 4.90 Å². The molecule has 0 unspecified atom stereocenters. The summed E-state index contributed by atoms with van der Waals surface area (Å²) in [6, 6.07) is 9.45. The maximum Gasteiger partial charge on any atom is 0.257 e. The number of hydrogen-bond donors (Lipinski definition) is 1. The lowest BCUT2D eigenvalue weighted by molar-refractivity contribution is 0.102. The van der Waals surface area contributed by atoms with E-state index in [4.69, 9.17) is 0 Å². The predicted octanol–water partition coefficient (Wildman–Crippen LogP) is 3.82. The number of aromatic nitrogens is 1. The monoisotopic (exact) mass is 322 g/mol. The highest BCUT2D eigenvalue weighted by atomic mass is 79.9. The minimum absolute atomic E-state index is 0.166. The van der Waals surface area contributed by atoms with Gasteiger partial charge in [0.15, 0.2) is 0 Å². The molecule has 1 N–H and O–H groups in total. The molecule has 92 valence electrons. The van der Waals surface area contributed by atoms with E-state index in [9.17, 15) is 4.79 Å². The summed E-state index contributed by atoms with van der Waals surface area (Å²) in [5.41, 5.74) is 1.30. The third-order valence-corrected chi connectivity index (χ3v) is 3.49. The van der Waals surface area contributed by atoms with Gasteiger partial charge in [-0.15, -0.1) is 11.8 Å². The Hall–Kier alpha value is -1.33. The Morgan fingerprint density at radius 2 is 2.00 bits per heavy atom. The third kappa shape index (κ3) is 3.34. The summed E-state index contributed by atoms with van der Waals surface area (Å²) < 4.78 is 0.785. The van der Waals surface area contributed by atoms with Gasteiger partial charge >= 0.3 is 0 Å². The average molecular weight is 323 g/mol. The Balaban J connectivity index is 2.11. The Morgan fingerprint density at radius 3 is 2.61 bits per heavy atom. The van der Waals surface area contributed by atoms with Crippen molar-refractivity contribution in [2.75, 3.05) is 11.6 Å². The van der Waals surface area contributed by atoms with Gasteiger partial charge < -0.3 is 5.32 Å². The van der Waals surface area contributed by atoms with Gasteiger partial charge in [0, 0.05) is 27.4 Å². The zero-order valence-electron chi connectivity index (χ0n) is 9.68. The van der Waals surface area contributed by atoms with E-state index in [1.165, 1.54) is 6.20 Å². The van der Waals surface area contributed by atoms with Crippen LogP contribution in [0.15, 0.2) is 52.1 Å². The van der Waals surface area contributed by atoms with E-state index in [1.54, 1.807) is 24.0 Å². The van der Waals surface area contributed by atoms with E-state index in [1.807, 2.05) is 30.5 Å². The average Bonchev–Trinajstić information content (AvgIpc) is 2.39. The highest BCUT2D eigenvalue weighted by molar-refractivity contribution is 9.10. The van der Waals surface area contributed by atoms with Gasteiger partial charge in [0.2, 0.25) is 0 Å². The number of nitrogens with one attached hydrogen (secondary N) is 1. The van der Waals surface area contributed by atoms with E-state index >= 15 is 0 Å². The number of carbonyl (C=O) groups is 1. The minimum atomic E-state index is -0.166. The molecule has 1 heterocycles. The molecule has 3 nitrogen and oxygen atoms in total. The molecule has 0 aliphatic carbocycles. The van der Waals surface area contributed by atoms with Gasteiger partial charge in [-0.1, -0.05) is 0 Å². The smallest absolute Gasteiger partial charge is 0.257 e. The highest BCUT2D eigenvalue weighted by Gasteiger charge is 2.06. The summed E-state index contributed by atoms with van der Waals surface area (Å²) >= 11 is 4.96. The lowest BCUT2D eigenvalue weighted by atomic mass is 10.2. The summed E-state index contributed by atoms with van der Waals surface area (Å²) in [6.45, 7) is 0. The van der Waals surface area contributed by atoms with Crippen molar-refractivity contribution in [1.82, 2.24) is 4.98 Å². The summed E-state index contributed by atoms with van der Waals surface area (Å²) in [6.07, 6.45) is 5.20. The lowest BCUT2D eigenvalue weighted by Gasteiger charge is -2.05. The molecule has 5 heteroatoms. The first-order valence-corrected chi connectivity index (χ1v) is 7.27. The fourth-order valence-electron chi connectivity index (χ4n) is 1.41. The van der Waals surface area contributed by atoms with Crippen molar-refractivity contribution in [1.29, 1.82) is 0 Å². The summed E-state index contributed by atoms with van der Waals surface area (Å²) in [4.78, 5) is 17.1. The highest BCUT2D eigenvalue weighted by Crippen LogP contribution is 2.18. The number of halogens is 1. The van der Waals surface area contributed by atoms with E-state index in [0.717, 1.165) is 15.1 Å². The zero-order valence-corrected chi connectivity index (χ0v) is 12.1. The van der Waals surface area contributed by atoms with Gasteiger partial charge in [-0.3, -0.25) is 9.78 Å². The van der Waals surface area contributed by atoms with Crippen molar-refractivity contribution >= 4 is 39.3 Å². The van der Waals surface area contributed by atoms with Gasteiger partial charge in [-0.25, -0.2) is 0 Å². The quantitative estimate of drug-likeness (QED) is 0.873. The molecule has 18 heavy (non-hydrogen) atoms. The largest absolute Gasteiger partial charge is 0.322 e. The second-order valence-corrected chi connectivity index (χ2v) is 5.37. The Bertz CT molecular complexity index is 557. The summed E-state index contributed by atoms with van der Waals surface area (Å²) in [5, 5.41) is 2.83. The van der Waals surface area contributed by atoms with E-state index in [2.05, 4.69) is 26.2 Å². The van der Waals surface area contributed by atoms with Gasteiger partial charge in [0.05, 0.1) is 5.56 Å². The van der Waals surface area contributed by atoms with Crippen molar-refractivity contribution in [2.24, 2.45) is 0 Å². The molecule has 0 saturated heterocycles. The van der Waals surface area contributed by atoms with Crippen LogP contribution < -0.4 is 5.32 Å². The standard InChI is InChI=1S/C13H11BrN2OS/c1-18-12-4-2-11(3-5-12)16-13(17)9-6-10(14)8-15-7-9/h2-8H,1H3,(H,16,17). The summed E-state index contributed by atoms with van der Waals surface area (Å²) in [5.74, 6) is -0.166. The fourth-order valence-corrected chi connectivity index (χ4v) is 2.19. The number of anilines is 1. The number of hydrogen-bond acceptors (Lipinski definition) is 3. The second-order valence-electron chi connectivity index (χ2n) is 3.57. The van der Waals surface area contributed by atoms with E-state index in [0.29, 0.717) is 5.56 Å². The molecular weight excluding hydrogens is 312 g/mol. The molecular formula is C13H11BrN2OS. The lowest BCUT2D eigenvalue weighted by Crippen LogP contribution is -2.12. The topological polar surface area (TPSA) is 42.0 Å². The van der Waals surface area contributed by atoms with Gasteiger partial charge in [0.1, 0.15) is 0 Å². The molecule has 0 spiro atoms. The van der Waals surface area contributed by atoms with Crippen LogP contribution >= 0.6 is 27.7 Å². The second kappa shape index (κ2) is 6.02. The number of thioether (sulfide) groups is 1. The van der Waals surface area contributed by atoms with Crippen LogP contribution in [0.5, 0.6) is 0 Å². The van der Waals surface area contributed by atoms with Crippen LogP contribution in [-0.2, 0) is 0 Å². The SMILES string of the molecule is CSc1ccc(NC(=O)c2cncc(Br)c2)cc1. The predicted molar refractivity (Wildman–Crippen MR) is 78.1 cm³/mol. The number of pyridine rings is 1. The molecule has 1 aromatic carbocycles. The Kier molecular flexibility index (Phi) is 4.38. The number of nitrogens with zero attached hydrogens (tertiary/aromatic N) is 1. The zero-order chi connectivity index (χ0) is 13.0. The van der Waals surface area contributed by atoms with Gasteiger partial charge in [0.25, 0.3) is 5.91 Å². The number of amides is 1. The van der Waals surface area contributed by atoms with Crippen LogP contribution in [0.3, 0.4) is 0 Å². The fraction of sp³-hybridized carbons (Fsp3) is 0.0769. The first-order chi connectivity index (χ1) is 8.69. The molecule has 0 aliphatic rings. The van der Waals surface area contributed by atoms with Crippen LogP contribution in [0.4, 0.5) is 5.69 Å². The molecule has 0 atom stereocenters. The first kappa shape index (κ1) is 13.1. The maximum absolute atomic E-state index is 11.9. The van der Waals surface area contributed by atoms with Crippen LogP contribution in [-0.4, -0.2) is 17.1 Å². The normalized spacial score (nSPS) is 10.1. The third-order valence-electron chi connectivity index (χ3n) is 2.31. The van der Waals surface area contributed by atoms with Crippen LogP contribution in [0, 0.1) is 0 Å². The first-order valence-electron chi connectivity index (χ1n) is 5.25. The van der Waals surface area contributed by atoms with E-state index < -0.39 is 0 Å². The Morgan fingerprint density at radius 1 is 1.28 bits per heavy atom. The Labute approximate surface area is 118 Å². The van der Waals surface area contributed by atoms with E-state index in [-0.39, 0.29) is 5.91 Å². The molecule has 2 aromatic rings. The molecule has 2 rings (SSSR count). The van der Waals surface area contributed by atoms with Crippen LogP contribution in [0.25, 0.3) is 0 Å². The molecule has 0 fully saturated rings. The van der Waals surface area contributed by atoms with Crippen LogP contribution in [0.1, 0.15) is 10.4 Å². The molecule has 0 radical (unpaired) electrons. The maximum atomic E-state index is 11.9. The molecule has 1 amide bonds. The van der Waals surface area contributed by atoms with Gasteiger partial charge in [-0.2, -0.15) is 0 Å². The molecule has 1 aromatic heterocycles. The molecule has 0 bridgehead atoms. The molecule has 0 saturated carbocycles. The van der Waals surface area contributed by atoms with Crippen molar-refractivity contribution in [3.05, 3.63) is 52.8 Å². The van der Waals surface area contributed by atoms with Crippen LogP contribution in [0.2, 0.25) is 0 Å². The minimum Gasteiger partial charge on any atom is -0.322 e. The van der Waals surface area contributed by atoms with Crippen molar-refractivity contribution in [3.63, 3.8) is 0 Å². The molecule has 0 aliphatic heterocycles. The summed E-state index contributed by atoms with van der Waals surface area (Å²) in [7, 11) is 0. The number of rotatable bonds is 3. The number of benzene rings is 1. The number of carbonyl (C=O) groups excluding carboxylic acids is 1. The van der Waals surface area contributed by atoms with Crippen molar-refractivity contribution in [3.8, 4) is 0 Å². The van der Waals surface area contributed by atoms with Crippen molar-refractivity contribution < 1.29 is 4.79 Å². The van der Waals surface area contributed by atoms with Gasteiger partial charge in [-0.05, 0) is 52.5 Å².